The summed E-state index contributed by atoms with van der Waals surface area (Å²) in [5.74, 6) is -2.01. The number of carboxylic acid groups (broad SMARTS) is 1. The van der Waals surface area contributed by atoms with Crippen LogP contribution in [0.3, 0.4) is 0 Å². The third kappa shape index (κ3) is 7.54. The Labute approximate surface area is 240 Å². The summed E-state index contributed by atoms with van der Waals surface area (Å²) in [7, 11) is 4.02. The summed E-state index contributed by atoms with van der Waals surface area (Å²) in [5, 5.41) is 10.2. The number of amides is 1. The van der Waals surface area contributed by atoms with Crippen LogP contribution in [0.1, 0.15) is 21.5 Å². The van der Waals surface area contributed by atoms with Gasteiger partial charge in [-0.3, -0.25) is 4.79 Å². The topological polar surface area (TPSA) is 87.5 Å². The number of aromatic nitrogens is 2. The van der Waals surface area contributed by atoms with Crippen molar-refractivity contribution in [2.45, 2.75) is 19.3 Å². The highest BCUT2D eigenvalue weighted by molar-refractivity contribution is 5.95. The first-order valence-corrected chi connectivity index (χ1v) is 13.0. The van der Waals surface area contributed by atoms with Crippen LogP contribution in [0.5, 0.6) is 0 Å². The molecule has 10 heteroatoms. The van der Waals surface area contributed by atoms with Crippen LogP contribution in [0.25, 0.3) is 22.4 Å². The molecule has 0 radical (unpaired) electrons. The number of hydrogen-bond donors (Lipinski definition) is 2. The van der Waals surface area contributed by atoms with Gasteiger partial charge in [0.25, 0.3) is 5.91 Å². The molecule has 0 aliphatic heterocycles. The van der Waals surface area contributed by atoms with Gasteiger partial charge >= 0.3 is 12.1 Å². The van der Waals surface area contributed by atoms with E-state index in [1.807, 2.05) is 86.9 Å². The van der Waals surface area contributed by atoms with Crippen LogP contribution in [-0.4, -0.2) is 46.8 Å². The van der Waals surface area contributed by atoms with Crippen LogP contribution in [0.4, 0.5) is 18.9 Å². The third-order valence-electron chi connectivity index (χ3n) is 6.37. The fourth-order valence-corrected chi connectivity index (χ4v) is 4.22. The number of imidazole rings is 1. The third-order valence-corrected chi connectivity index (χ3v) is 6.37. The highest BCUT2D eigenvalue weighted by Crippen LogP contribution is 2.27. The van der Waals surface area contributed by atoms with Crippen LogP contribution in [0, 0.1) is 0 Å². The van der Waals surface area contributed by atoms with E-state index in [0.29, 0.717) is 18.7 Å². The molecule has 2 N–H and O–H groups in total. The van der Waals surface area contributed by atoms with Crippen molar-refractivity contribution >= 4 is 28.6 Å². The number of hydrogen-bond acceptors (Lipinski definition) is 4. The number of alkyl halides is 3. The minimum atomic E-state index is -5.08. The number of carbonyl (C=O) groups is 2. The summed E-state index contributed by atoms with van der Waals surface area (Å²) >= 11 is 0. The zero-order valence-corrected chi connectivity index (χ0v) is 23.0. The second-order valence-corrected chi connectivity index (χ2v) is 9.62. The van der Waals surface area contributed by atoms with Gasteiger partial charge < -0.3 is 19.9 Å². The van der Waals surface area contributed by atoms with Crippen LogP contribution < -0.4 is 10.2 Å². The minimum Gasteiger partial charge on any atom is -0.475 e. The molecule has 5 aromatic rings. The van der Waals surface area contributed by atoms with Crippen molar-refractivity contribution in [2.24, 2.45) is 0 Å². The van der Waals surface area contributed by atoms with E-state index in [2.05, 4.69) is 45.1 Å². The number of fused-ring (bicyclic) bond motifs is 1. The van der Waals surface area contributed by atoms with Gasteiger partial charge in [-0.2, -0.15) is 13.2 Å². The standard InChI is InChI=1S/C30H28N4O.C2HF3O2/c1-33(2)26-17-15-22(16-18-26)20-31-30(35)25-12-8-11-24(19-25)29-32-27-13-6-7-14-28(27)34(29)21-23-9-4-3-5-10-23;3-2(4,5)1(6)7/h3-19H,20-21H2,1-2H3,(H,31,35);(H,6,7). The Morgan fingerprint density at radius 1 is 0.857 bits per heavy atom. The van der Waals surface area contributed by atoms with E-state index < -0.39 is 12.1 Å². The molecule has 0 bridgehead atoms. The molecule has 0 aliphatic rings. The van der Waals surface area contributed by atoms with E-state index in [9.17, 15) is 18.0 Å². The molecule has 0 aliphatic carbocycles. The SMILES string of the molecule is CN(C)c1ccc(CNC(=O)c2cccc(-c3nc4ccccc4n3Cc3ccccc3)c2)cc1.O=C(O)C(F)(F)F. The van der Waals surface area contributed by atoms with Crippen LogP contribution in [-0.2, 0) is 17.9 Å². The van der Waals surface area contributed by atoms with Gasteiger partial charge in [0.1, 0.15) is 5.82 Å². The van der Waals surface area contributed by atoms with Crippen LogP contribution >= 0.6 is 0 Å². The van der Waals surface area contributed by atoms with E-state index in [4.69, 9.17) is 14.9 Å². The normalized spacial score (nSPS) is 11.0. The Morgan fingerprint density at radius 2 is 1.50 bits per heavy atom. The number of para-hydroxylation sites is 2. The second kappa shape index (κ2) is 13.0. The van der Waals surface area contributed by atoms with Gasteiger partial charge in [0, 0.05) is 44.0 Å². The fraction of sp³-hybridized carbons (Fsp3) is 0.156. The monoisotopic (exact) mass is 574 g/mol. The van der Waals surface area contributed by atoms with Crippen molar-refractivity contribution in [3.63, 3.8) is 0 Å². The summed E-state index contributed by atoms with van der Waals surface area (Å²) in [6.07, 6.45) is -5.08. The molecule has 0 unspecified atom stereocenters. The van der Waals surface area contributed by atoms with Gasteiger partial charge in [0.2, 0.25) is 0 Å². The largest absolute Gasteiger partial charge is 0.490 e. The van der Waals surface area contributed by atoms with Gasteiger partial charge in [0.05, 0.1) is 11.0 Å². The highest BCUT2D eigenvalue weighted by atomic mass is 19.4. The molecule has 216 valence electrons. The highest BCUT2D eigenvalue weighted by Gasteiger charge is 2.38. The lowest BCUT2D eigenvalue weighted by atomic mass is 10.1. The van der Waals surface area contributed by atoms with Gasteiger partial charge in [-0.15, -0.1) is 0 Å². The Balaban J connectivity index is 0.000000517. The maximum Gasteiger partial charge on any atom is 0.490 e. The molecule has 5 rings (SSSR count). The molecule has 0 atom stereocenters. The molecule has 0 fully saturated rings. The predicted molar refractivity (Wildman–Crippen MR) is 156 cm³/mol. The fourth-order valence-electron chi connectivity index (χ4n) is 4.22. The van der Waals surface area contributed by atoms with Gasteiger partial charge in [-0.05, 0) is 47.5 Å². The Morgan fingerprint density at radius 3 is 2.14 bits per heavy atom. The number of rotatable bonds is 7. The van der Waals surface area contributed by atoms with Crippen LogP contribution in [0.15, 0.2) is 103 Å². The van der Waals surface area contributed by atoms with Crippen molar-refractivity contribution in [3.05, 3.63) is 120 Å². The lowest BCUT2D eigenvalue weighted by Gasteiger charge is -2.13. The lowest BCUT2D eigenvalue weighted by molar-refractivity contribution is -0.192. The lowest BCUT2D eigenvalue weighted by Crippen LogP contribution is -2.22. The molecule has 1 heterocycles. The summed E-state index contributed by atoms with van der Waals surface area (Å²) in [6.45, 7) is 1.18. The average Bonchev–Trinajstić information content (AvgIpc) is 3.35. The summed E-state index contributed by atoms with van der Waals surface area (Å²) < 4.78 is 34.0. The zero-order valence-electron chi connectivity index (χ0n) is 23.0. The molecule has 1 amide bonds. The molecule has 0 saturated heterocycles. The smallest absolute Gasteiger partial charge is 0.475 e. The molecule has 7 nitrogen and oxygen atoms in total. The molecular weight excluding hydrogens is 545 g/mol. The first kappa shape index (κ1) is 29.9. The number of aliphatic carboxylic acids is 1. The Bertz CT molecular complexity index is 1660. The number of nitrogens with zero attached hydrogens (tertiary/aromatic N) is 3. The minimum absolute atomic E-state index is 0.103. The number of carboxylic acids is 1. The van der Waals surface area contributed by atoms with Crippen molar-refractivity contribution < 1.29 is 27.9 Å². The van der Waals surface area contributed by atoms with Gasteiger partial charge in [-0.1, -0.05) is 66.7 Å². The maximum atomic E-state index is 13.0. The molecule has 0 saturated carbocycles. The van der Waals surface area contributed by atoms with E-state index >= 15 is 0 Å². The maximum absolute atomic E-state index is 13.0. The van der Waals surface area contributed by atoms with Crippen molar-refractivity contribution in [2.75, 3.05) is 19.0 Å². The van der Waals surface area contributed by atoms with Gasteiger partial charge in [0.15, 0.2) is 0 Å². The first-order chi connectivity index (χ1) is 20.0. The van der Waals surface area contributed by atoms with E-state index in [1.54, 1.807) is 0 Å². The second-order valence-electron chi connectivity index (χ2n) is 9.62. The molecule has 0 spiro atoms. The van der Waals surface area contributed by atoms with Crippen molar-refractivity contribution in [1.82, 2.24) is 14.9 Å². The molecule has 42 heavy (non-hydrogen) atoms. The summed E-state index contributed by atoms with van der Waals surface area (Å²) in [4.78, 5) is 28.9. The van der Waals surface area contributed by atoms with Crippen LogP contribution in [0.2, 0.25) is 0 Å². The Hall–Kier alpha value is -5.12. The number of anilines is 1. The quantitative estimate of drug-likeness (QED) is 0.236. The van der Waals surface area contributed by atoms with Crippen molar-refractivity contribution in [3.8, 4) is 11.4 Å². The number of nitrogens with one attached hydrogen (secondary N) is 1. The Kier molecular flexibility index (Phi) is 9.26. The zero-order chi connectivity index (χ0) is 30.3. The first-order valence-electron chi connectivity index (χ1n) is 13.0. The molecule has 4 aromatic carbocycles. The molecular formula is C32H29F3N4O3. The number of benzene rings is 4. The van der Waals surface area contributed by atoms with E-state index in [1.165, 1.54) is 5.56 Å². The number of carbonyl (C=O) groups excluding carboxylic acids is 1. The summed E-state index contributed by atoms with van der Waals surface area (Å²) in [5.41, 5.74) is 6.93. The van der Waals surface area contributed by atoms with Crippen molar-refractivity contribution in [1.29, 1.82) is 0 Å². The summed E-state index contributed by atoms with van der Waals surface area (Å²) in [6, 6.07) is 34.4. The predicted octanol–water partition coefficient (Wildman–Crippen LogP) is 6.38. The molecule has 1 aromatic heterocycles. The average molecular weight is 575 g/mol. The van der Waals surface area contributed by atoms with E-state index in [-0.39, 0.29) is 5.91 Å². The number of halogens is 3. The van der Waals surface area contributed by atoms with Gasteiger partial charge in [-0.25, -0.2) is 9.78 Å². The van der Waals surface area contributed by atoms with E-state index in [0.717, 1.165) is 33.7 Å².